The molecule has 1 fully saturated rings. The van der Waals surface area contributed by atoms with Gasteiger partial charge in [0.15, 0.2) is 5.13 Å². The Morgan fingerprint density at radius 1 is 1.03 bits per heavy atom. The lowest BCUT2D eigenvalue weighted by atomic mass is 10.1. The third-order valence-corrected chi connectivity index (χ3v) is 7.37. The van der Waals surface area contributed by atoms with Crippen LogP contribution in [0.15, 0.2) is 54.9 Å². The number of amides is 2. The van der Waals surface area contributed by atoms with Crippen molar-refractivity contribution in [3.63, 3.8) is 0 Å². The van der Waals surface area contributed by atoms with E-state index in [1.54, 1.807) is 24.5 Å². The Labute approximate surface area is 230 Å². The number of hydrogen-bond acceptors (Lipinski definition) is 9. The molecule has 3 N–H and O–H groups in total. The molecule has 2 aromatic heterocycles. The van der Waals surface area contributed by atoms with Gasteiger partial charge in [-0.1, -0.05) is 55.5 Å². The van der Waals surface area contributed by atoms with Crippen molar-refractivity contribution >= 4 is 40.1 Å². The number of pyridine rings is 1. The van der Waals surface area contributed by atoms with Crippen molar-refractivity contribution in [3.8, 4) is 0 Å². The highest BCUT2D eigenvalue weighted by Crippen LogP contribution is 2.31. The Morgan fingerprint density at radius 3 is 2.33 bits per heavy atom. The van der Waals surface area contributed by atoms with Crippen molar-refractivity contribution in [3.05, 3.63) is 71.0 Å². The highest BCUT2D eigenvalue weighted by atomic mass is 32.1. The Balaban J connectivity index is 1.34. The lowest BCUT2D eigenvalue weighted by Crippen LogP contribution is -2.48. The van der Waals surface area contributed by atoms with Gasteiger partial charge in [0.1, 0.15) is 17.5 Å². The summed E-state index contributed by atoms with van der Waals surface area (Å²) < 4.78 is 5.11. The number of nitrogens with one attached hydrogen (secondary N) is 2. The number of carboxylic acids is 1. The largest absolute Gasteiger partial charge is 0.480 e. The number of aliphatic carboxylic acids is 1. The highest BCUT2D eigenvalue weighted by molar-refractivity contribution is 7.17. The van der Waals surface area contributed by atoms with Gasteiger partial charge >= 0.3 is 12.1 Å². The van der Waals surface area contributed by atoms with Gasteiger partial charge in [-0.05, 0) is 23.6 Å². The van der Waals surface area contributed by atoms with E-state index in [0.29, 0.717) is 10.6 Å². The van der Waals surface area contributed by atoms with Crippen LogP contribution in [0.2, 0.25) is 0 Å². The molecule has 206 valence electrons. The third-order valence-electron chi connectivity index (χ3n) is 6.24. The fraction of sp³-hybridized carbons (Fsp3) is 0.370. The summed E-state index contributed by atoms with van der Waals surface area (Å²) in [7, 11) is 0. The lowest BCUT2D eigenvalue weighted by Gasteiger charge is -2.35. The minimum absolute atomic E-state index is 0.00355. The van der Waals surface area contributed by atoms with Crippen molar-refractivity contribution in [2.75, 3.05) is 42.5 Å². The fourth-order valence-electron chi connectivity index (χ4n) is 4.10. The van der Waals surface area contributed by atoms with Gasteiger partial charge in [-0.3, -0.25) is 9.78 Å². The number of anilines is 2. The van der Waals surface area contributed by atoms with Crippen LogP contribution in [0.5, 0.6) is 0 Å². The maximum Gasteiger partial charge on any atom is 0.408 e. The second-order valence-electron chi connectivity index (χ2n) is 9.35. The molecule has 0 aliphatic carbocycles. The quantitative estimate of drug-likeness (QED) is 0.346. The molecule has 0 spiro atoms. The average Bonchev–Trinajstić information content (AvgIpc) is 3.41. The third kappa shape index (κ3) is 7.44. The molecule has 1 atom stereocenters. The van der Waals surface area contributed by atoms with E-state index >= 15 is 0 Å². The zero-order valence-corrected chi connectivity index (χ0v) is 22.7. The van der Waals surface area contributed by atoms with Gasteiger partial charge in [0.2, 0.25) is 0 Å². The highest BCUT2D eigenvalue weighted by Gasteiger charge is 2.27. The summed E-state index contributed by atoms with van der Waals surface area (Å²) in [6.07, 6.45) is 2.68. The molecule has 3 heterocycles. The van der Waals surface area contributed by atoms with Crippen LogP contribution in [0.3, 0.4) is 0 Å². The molecule has 1 aliphatic rings. The van der Waals surface area contributed by atoms with Gasteiger partial charge in [0.25, 0.3) is 5.91 Å². The molecule has 39 heavy (non-hydrogen) atoms. The SMILES string of the molecule is CC(C)c1nc(N2CCN(c3ccncc3)CC2)sc1C(=O)NC[C@H](NC(=O)OCc1ccccc1)C(=O)O. The first-order valence-electron chi connectivity index (χ1n) is 12.7. The second-order valence-corrected chi connectivity index (χ2v) is 10.3. The fourth-order valence-corrected chi connectivity index (χ4v) is 5.29. The second kappa shape index (κ2) is 13.1. The van der Waals surface area contributed by atoms with E-state index in [1.165, 1.54) is 11.3 Å². The maximum absolute atomic E-state index is 13.1. The number of piperazine rings is 1. The minimum atomic E-state index is -1.35. The normalized spacial score (nSPS) is 14.1. The van der Waals surface area contributed by atoms with Crippen LogP contribution < -0.4 is 20.4 Å². The van der Waals surface area contributed by atoms with Crippen molar-refractivity contribution in [2.45, 2.75) is 32.4 Å². The maximum atomic E-state index is 13.1. The van der Waals surface area contributed by atoms with Gasteiger partial charge in [0, 0.05) is 50.8 Å². The van der Waals surface area contributed by atoms with E-state index in [-0.39, 0.29) is 19.1 Å². The van der Waals surface area contributed by atoms with Crippen molar-refractivity contribution < 1.29 is 24.2 Å². The number of carboxylic acid groups (broad SMARTS) is 1. The number of hydrogen-bond donors (Lipinski definition) is 3. The minimum Gasteiger partial charge on any atom is -0.480 e. The molecule has 1 aromatic carbocycles. The molecule has 0 unspecified atom stereocenters. The monoisotopic (exact) mass is 552 g/mol. The van der Waals surface area contributed by atoms with Crippen LogP contribution in [0, 0.1) is 0 Å². The zero-order chi connectivity index (χ0) is 27.8. The molecule has 2 amide bonds. The van der Waals surface area contributed by atoms with E-state index < -0.39 is 24.0 Å². The predicted octanol–water partition coefficient (Wildman–Crippen LogP) is 3.10. The Kier molecular flexibility index (Phi) is 9.31. The first kappa shape index (κ1) is 27.8. The van der Waals surface area contributed by atoms with Gasteiger partial charge < -0.3 is 30.3 Å². The lowest BCUT2D eigenvalue weighted by molar-refractivity contribution is -0.139. The summed E-state index contributed by atoms with van der Waals surface area (Å²) in [5.41, 5.74) is 2.55. The molecular weight excluding hydrogens is 520 g/mol. The standard InChI is InChI=1S/C27H32N6O5S/c1-18(2)22-23(39-26(31-22)33-14-12-32(13-15-33)20-8-10-28-11-9-20)24(34)29-16-21(25(35)36)30-27(37)38-17-19-6-4-3-5-7-19/h3-11,18,21H,12-17H2,1-2H3,(H,29,34)(H,30,37)(H,35,36)/t21-/m0/s1. The molecule has 0 bridgehead atoms. The average molecular weight is 553 g/mol. The topological polar surface area (TPSA) is 137 Å². The predicted molar refractivity (Wildman–Crippen MR) is 148 cm³/mol. The summed E-state index contributed by atoms with van der Waals surface area (Å²) >= 11 is 1.29. The van der Waals surface area contributed by atoms with Gasteiger partial charge in [-0.15, -0.1) is 0 Å². The molecule has 4 rings (SSSR count). The molecule has 0 saturated carbocycles. The number of rotatable bonds is 10. The number of thiazole rings is 1. The van der Waals surface area contributed by atoms with Crippen molar-refractivity contribution in [1.29, 1.82) is 0 Å². The number of alkyl carbamates (subject to hydrolysis) is 1. The van der Waals surface area contributed by atoms with Crippen LogP contribution in [0.4, 0.5) is 15.6 Å². The summed E-state index contributed by atoms with van der Waals surface area (Å²) in [4.78, 5) is 50.7. The van der Waals surface area contributed by atoms with Crippen LogP contribution in [-0.4, -0.2) is 71.8 Å². The molecule has 0 radical (unpaired) electrons. The summed E-state index contributed by atoms with van der Waals surface area (Å²) in [5, 5.41) is 15.3. The van der Waals surface area contributed by atoms with Crippen LogP contribution >= 0.6 is 11.3 Å². The first-order chi connectivity index (χ1) is 18.8. The number of ether oxygens (including phenoxy) is 1. The van der Waals surface area contributed by atoms with Crippen molar-refractivity contribution in [1.82, 2.24) is 20.6 Å². The van der Waals surface area contributed by atoms with E-state index in [2.05, 4.69) is 25.4 Å². The number of benzene rings is 1. The number of nitrogens with zero attached hydrogens (tertiary/aromatic N) is 4. The smallest absolute Gasteiger partial charge is 0.408 e. The Hall–Kier alpha value is -4.19. The zero-order valence-electron chi connectivity index (χ0n) is 21.9. The molecule has 11 nitrogen and oxygen atoms in total. The van der Waals surface area contributed by atoms with Gasteiger partial charge in [-0.2, -0.15) is 0 Å². The van der Waals surface area contributed by atoms with Crippen LogP contribution in [0.1, 0.15) is 40.7 Å². The van der Waals surface area contributed by atoms with E-state index in [1.807, 2.05) is 44.2 Å². The Bertz CT molecular complexity index is 1260. The van der Waals surface area contributed by atoms with E-state index in [4.69, 9.17) is 9.72 Å². The number of aromatic nitrogens is 2. The molecule has 1 saturated heterocycles. The molecule has 12 heteroatoms. The summed E-state index contributed by atoms with van der Waals surface area (Å²) in [5.74, 6) is -1.72. The first-order valence-corrected chi connectivity index (χ1v) is 13.5. The van der Waals surface area contributed by atoms with Crippen molar-refractivity contribution in [2.24, 2.45) is 0 Å². The summed E-state index contributed by atoms with van der Waals surface area (Å²) in [6, 6.07) is 11.7. The molecular formula is C27H32N6O5S. The van der Waals surface area contributed by atoms with Crippen LogP contribution in [0.25, 0.3) is 0 Å². The van der Waals surface area contributed by atoms with Gasteiger partial charge in [0.05, 0.1) is 5.69 Å². The van der Waals surface area contributed by atoms with E-state index in [0.717, 1.165) is 42.6 Å². The van der Waals surface area contributed by atoms with Crippen LogP contribution in [-0.2, 0) is 16.1 Å². The van der Waals surface area contributed by atoms with Gasteiger partial charge in [-0.25, -0.2) is 14.6 Å². The van der Waals surface area contributed by atoms with E-state index in [9.17, 15) is 19.5 Å². The number of carbonyl (C=O) groups is 3. The Morgan fingerprint density at radius 2 is 1.69 bits per heavy atom. The molecule has 1 aliphatic heterocycles. The number of carbonyl (C=O) groups excluding carboxylic acids is 2. The molecule has 3 aromatic rings. The summed E-state index contributed by atoms with van der Waals surface area (Å²) in [6.45, 7) is 6.76.